The second-order valence-corrected chi connectivity index (χ2v) is 10.3. The lowest BCUT2D eigenvalue weighted by molar-refractivity contribution is -0.113. The first-order valence-electron chi connectivity index (χ1n) is 9.83. The molecule has 2 nitrogen and oxygen atoms in total. The fraction of sp³-hybridized carbons (Fsp3) is 0.478. The van der Waals surface area contributed by atoms with Crippen molar-refractivity contribution in [2.75, 3.05) is 0 Å². The molecular formula is C23H29NOS2. The molecule has 0 aromatic rings. The third-order valence-electron chi connectivity index (χ3n) is 5.35. The summed E-state index contributed by atoms with van der Waals surface area (Å²) < 4.78 is 0.790. The molecule has 144 valence electrons. The maximum absolute atomic E-state index is 11.8. The zero-order chi connectivity index (χ0) is 19.4. The van der Waals surface area contributed by atoms with Crippen molar-refractivity contribution < 1.29 is 4.79 Å². The van der Waals surface area contributed by atoms with Gasteiger partial charge in [0.05, 0.1) is 15.5 Å². The number of nitrogens with two attached hydrogens (primary N) is 1. The van der Waals surface area contributed by atoms with Crippen LogP contribution in [-0.2, 0) is 4.79 Å². The molecule has 4 aliphatic rings. The van der Waals surface area contributed by atoms with Crippen molar-refractivity contribution in [2.45, 2.75) is 64.8 Å². The van der Waals surface area contributed by atoms with Crippen LogP contribution in [0, 0.1) is 5.41 Å². The monoisotopic (exact) mass is 399 g/mol. The average Bonchev–Trinajstić information content (AvgIpc) is 3.32. The summed E-state index contributed by atoms with van der Waals surface area (Å²) in [6, 6.07) is 0.546. The van der Waals surface area contributed by atoms with E-state index in [-0.39, 0.29) is 11.2 Å². The lowest BCUT2D eigenvalue weighted by Crippen LogP contribution is -2.13. The van der Waals surface area contributed by atoms with Crippen LogP contribution in [-0.4, -0.2) is 16.0 Å². The van der Waals surface area contributed by atoms with Gasteiger partial charge >= 0.3 is 0 Å². The third kappa shape index (κ3) is 5.87. The topological polar surface area (TPSA) is 43.1 Å². The Balaban J connectivity index is 0.000000299. The summed E-state index contributed by atoms with van der Waals surface area (Å²) in [5.41, 5.74) is 9.66. The lowest BCUT2D eigenvalue weighted by atomic mass is 9.82. The van der Waals surface area contributed by atoms with Gasteiger partial charge in [0.1, 0.15) is 0 Å². The summed E-state index contributed by atoms with van der Waals surface area (Å²) in [4.78, 5) is 12.6. The smallest absolute Gasteiger partial charge is 0.175 e. The number of carbonyl (C=O) groups is 1. The average molecular weight is 400 g/mol. The van der Waals surface area contributed by atoms with Crippen molar-refractivity contribution in [3.8, 4) is 0 Å². The SMILES string of the molecule is CC1(C)C=CC(C2=CC=C(/C=C3\SC(=S)CC3=O)C2)=CC1.NC1CCCC1. The molecule has 0 radical (unpaired) electrons. The number of thiocarbonyl (C=S) groups is 1. The Hall–Kier alpha value is -1.23. The number of allylic oxidation sites excluding steroid dienone is 10. The van der Waals surface area contributed by atoms with Crippen LogP contribution in [0.15, 0.2) is 58.1 Å². The second-order valence-electron chi connectivity index (χ2n) is 8.42. The predicted molar refractivity (Wildman–Crippen MR) is 121 cm³/mol. The summed E-state index contributed by atoms with van der Waals surface area (Å²) in [6.45, 7) is 4.50. The van der Waals surface area contributed by atoms with E-state index >= 15 is 0 Å². The molecule has 4 rings (SSSR count). The van der Waals surface area contributed by atoms with Crippen molar-refractivity contribution in [3.05, 3.63) is 58.1 Å². The molecule has 27 heavy (non-hydrogen) atoms. The molecule has 4 heteroatoms. The Bertz CT molecular complexity index is 774. The highest BCUT2D eigenvalue weighted by Crippen LogP contribution is 2.37. The third-order valence-corrected chi connectivity index (χ3v) is 6.68. The van der Waals surface area contributed by atoms with Gasteiger partial charge in [-0.3, -0.25) is 4.79 Å². The van der Waals surface area contributed by atoms with Crippen LogP contribution in [0.5, 0.6) is 0 Å². The quantitative estimate of drug-likeness (QED) is 0.459. The predicted octanol–water partition coefficient (Wildman–Crippen LogP) is 5.96. The largest absolute Gasteiger partial charge is 0.328 e. The van der Waals surface area contributed by atoms with Gasteiger partial charge in [0.25, 0.3) is 0 Å². The molecule has 0 amide bonds. The van der Waals surface area contributed by atoms with Crippen molar-refractivity contribution >= 4 is 34.0 Å². The molecule has 1 saturated heterocycles. The van der Waals surface area contributed by atoms with Crippen molar-refractivity contribution in [3.63, 3.8) is 0 Å². The number of Topliss-reactive ketones (excluding diaryl/α,β-unsaturated/α-hetero) is 1. The molecule has 0 bridgehead atoms. The Morgan fingerprint density at radius 3 is 2.48 bits per heavy atom. The van der Waals surface area contributed by atoms with E-state index in [9.17, 15) is 4.79 Å². The second kappa shape index (κ2) is 8.85. The molecule has 0 aromatic carbocycles. The minimum absolute atomic E-state index is 0.165. The van der Waals surface area contributed by atoms with Gasteiger partial charge < -0.3 is 5.73 Å². The van der Waals surface area contributed by atoms with Crippen LogP contribution >= 0.6 is 24.0 Å². The highest BCUT2D eigenvalue weighted by molar-refractivity contribution is 8.27. The number of hydrogen-bond donors (Lipinski definition) is 1. The van der Waals surface area contributed by atoms with Gasteiger partial charge in [-0.15, -0.1) is 0 Å². The van der Waals surface area contributed by atoms with Gasteiger partial charge in [-0.05, 0) is 53.9 Å². The molecule has 2 fully saturated rings. The summed E-state index contributed by atoms with van der Waals surface area (Å²) >= 11 is 6.56. The van der Waals surface area contributed by atoms with Crippen LogP contribution in [0.1, 0.15) is 58.8 Å². The van der Waals surface area contributed by atoms with E-state index in [1.54, 1.807) is 0 Å². The summed E-state index contributed by atoms with van der Waals surface area (Å²) in [7, 11) is 0. The fourth-order valence-electron chi connectivity index (χ4n) is 3.58. The number of carbonyl (C=O) groups excluding carboxylic acids is 1. The summed E-state index contributed by atoms with van der Waals surface area (Å²) in [5, 5.41) is 0. The van der Waals surface area contributed by atoms with Crippen molar-refractivity contribution in [2.24, 2.45) is 11.1 Å². The van der Waals surface area contributed by atoms with Gasteiger partial charge in [0.2, 0.25) is 0 Å². The molecule has 2 N–H and O–H groups in total. The van der Waals surface area contributed by atoms with Crippen LogP contribution in [0.2, 0.25) is 0 Å². The first-order chi connectivity index (χ1) is 12.8. The molecule has 1 saturated carbocycles. The van der Waals surface area contributed by atoms with Crippen LogP contribution in [0.4, 0.5) is 0 Å². The highest BCUT2D eigenvalue weighted by atomic mass is 32.2. The summed E-state index contributed by atoms with van der Waals surface area (Å²) in [6.07, 6.45) is 20.8. The molecule has 0 atom stereocenters. The van der Waals surface area contributed by atoms with Gasteiger partial charge in [-0.1, -0.05) is 81.0 Å². The molecule has 0 spiro atoms. The van der Waals surface area contributed by atoms with Gasteiger partial charge in [0, 0.05) is 6.04 Å². The van der Waals surface area contributed by atoms with E-state index in [0.29, 0.717) is 12.5 Å². The molecule has 1 aliphatic heterocycles. The first-order valence-corrected chi connectivity index (χ1v) is 11.1. The standard InChI is InChI=1S/C18H18OS2.C5H11N/c1-18(2)7-5-13(6-8-18)14-4-3-12(9-14)10-16-15(19)11-17(20)21-16;6-5-3-1-2-4-5/h3-7,10H,8-9,11H2,1-2H3;5H,1-4,6H2/b16-10-;. The van der Waals surface area contributed by atoms with Gasteiger partial charge in [-0.25, -0.2) is 0 Å². The minimum Gasteiger partial charge on any atom is -0.328 e. The number of hydrogen-bond acceptors (Lipinski definition) is 4. The number of thioether (sulfide) groups is 1. The lowest BCUT2D eigenvalue weighted by Gasteiger charge is -2.23. The first kappa shape index (κ1) is 20.5. The van der Waals surface area contributed by atoms with E-state index in [2.05, 4.69) is 44.2 Å². The van der Waals surface area contributed by atoms with E-state index in [0.717, 1.165) is 21.9 Å². The van der Waals surface area contributed by atoms with Gasteiger partial charge in [-0.2, -0.15) is 0 Å². The maximum Gasteiger partial charge on any atom is 0.175 e. The Kier molecular flexibility index (Phi) is 6.72. The maximum atomic E-state index is 11.8. The van der Waals surface area contributed by atoms with Crippen molar-refractivity contribution in [1.82, 2.24) is 0 Å². The van der Waals surface area contributed by atoms with E-state index in [1.165, 1.54) is 54.2 Å². The minimum atomic E-state index is 0.165. The number of rotatable bonds is 2. The molecule has 0 aromatic heterocycles. The van der Waals surface area contributed by atoms with E-state index in [1.807, 2.05) is 6.08 Å². The molecule has 1 heterocycles. The number of ketones is 1. The molecular weight excluding hydrogens is 370 g/mol. The Labute approximate surface area is 172 Å². The van der Waals surface area contributed by atoms with Crippen LogP contribution in [0.3, 0.4) is 0 Å². The zero-order valence-electron chi connectivity index (χ0n) is 16.3. The van der Waals surface area contributed by atoms with Crippen LogP contribution in [0.25, 0.3) is 0 Å². The van der Waals surface area contributed by atoms with Crippen molar-refractivity contribution in [1.29, 1.82) is 0 Å². The van der Waals surface area contributed by atoms with Gasteiger partial charge in [0.15, 0.2) is 5.78 Å². The Morgan fingerprint density at radius 2 is 1.96 bits per heavy atom. The molecule has 3 aliphatic carbocycles. The van der Waals surface area contributed by atoms with E-state index in [4.69, 9.17) is 18.0 Å². The fourth-order valence-corrected chi connectivity index (χ4v) is 4.82. The highest BCUT2D eigenvalue weighted by Gasteiger charge is 2.24. The summed E-state index contributed by atoms with van der Waals surface area (Å²) in [5.74, 6) is 0.165. The van der Waals surface area contributed by atoms with E-state index < -0.39 is 0 Å². The zero-order valence-corrected chi connectivity index (χ0v) is 17.9. The van der Waals surface area contributed by atoms with Crippen LogP contribution < -0.4 is 5.73 Å². The Morgan fingerprint density at radius 1 is 1.22 bits per heavy atom. The molecule has 0 unspecified atom stereocenters. The normalized spacial score (nSPS) is 26.0.